The second-order valence-corrected chi connectivity index (χ2v) is 6.02. The highest BCUT2D eigenvalue weighted by atomic mass is 16.5. The molecule has 1 aliphatic rings. The SMILES string of the molecule is C[C@H](N)C(=O)N1CCCC(CNC(=O)OCc2ccccc2)C1. The maximum atomic E-state index is 11.9. The van der Waals surface area contributed by atoms with Crippen molar-refractivity contribution in [3.63, 3.8) is 0 Å². The van der Waals surface area contributed by atoms with E-state index < -0.39 is 12.1 Å². The van der Waals surface area contributed by atoms with Gasteiger partial charge in [-0.2, -0.15) is 0 Å². The number of likely N-dealkylation sites (tertiary alicyclic amines) is 1. The number of benzene rings is 1. The molecule has 1 aromatic rings. The van der Waals surface area contributed by atoms with Crippen LogP contribution < -0.4 is 11.1 Å². The van der Waals surface area contributed by atoms with Gasteiger partial charge in [-0.25, -0.2) is 4.79 Å². The van der Waals surface area contributed by atoms with E-state index in [1.807, 2.05) is 30.3 Å². The molecule has 0 aromatic heterocycles. The first kappa shape index (κ1) is 17.3. The minimum absolute atomic E-state index is 0.0265. The van der Waals surface area contributed by atoms with Gasteiger partial charge in [0.25, 0.3) is 0 Å². The van der Waals surface area contributed by atoms with Crippen LogP contribution in [0.2, 0.25) is 0 Å². The van der Waals surface area contributed by atoms with Crippen molar-refractivity contribution in [3.8, 4) is 0 Å². The van der Waals surface area contributed by atoms with Crippen LogP contribution in [-0.2, 0) is 16.1 Å². The lowest BCUT2D eigenvalue weighted by atomic mass is 9.97. The Kier molecular flexibility index (Phi) is 6.40. The molecule has 0 aliphatic carbocycles. The third-order valence-electron chi connectivity index (χ3n) is 3.97. The molecule has 6 heteroatoms. The molecule has 126 valence electrons. The Bertz CT molecular complexity index is 519. The summed E-state index contributed by atoms with van der Waals surface area (Å²) in [6.07, 6.45) is 1.50. The minimum Gasteiger partial charge on any atom is -0.445 e. The van der Waals surface area contributed by atoms with Crippen molar-refractivity contribution in [3.05, 3.63) is 35.9 Å². The van der Waals surface area contributed by atoms with Crippen molar-refractivity contribution in [1.29, 1.82) is 0 Å². The average Bonchev–Trinajstić information content (AvgIpc) is 2.58. The summed E-state index contributed by atoms with van der Waals surface area (Å²) in [6, 6.07) is 9.07. The molecular formula is C17H25N3O3. The van der Waals surface area contributed by atoms with E-state index in [-0.39, 0.29) is 18.4 Å². The van der Waals surface area contributed by atoms with Gasteiger partial charge in [0.15, 0.2) is 0 Å². The summed E-state index contributed by atoms with van der Waals surface area (Å²) in [4.78, 5) is 25.5. The van der Waals surface area contributed by atoms with E-state index >= 15 is 0 Å². The number of alkyl carbamates (subject to hydrolysis) is 1. The van der Waals surface area contributed by atoms with Gasteiger partial charge in [0.05, 0.1) is 6.04 Å². The van der Waals surface area contributed by atoms with Crippen LogP contribution in [0.25, 0.3) is 0 Å². The van der Waals surface area contributed by atoms with Crippen LogP contribution in [0.1, 0.15) is 25.3 Å². The topological polar surface area (TPSA) is 84.7 Å². The quantitative estimate of drug-likeness (QED) is 0.861. The maximum Gasteiger partial charge on any atom is 0.407 e. The number of rotatable bonds is 5. The monoisotopic (exact) mass is 319 g/mol. The highest BCUT2D eigenvalue weighted by molar-refractivity contribution is 5.81. The molecule has 2 atom stereocenters. The van der Waals surface area contributed by atoms with Crippen molar-refractivity contribution >= 4 is 12.0 Å². The standard InChI is InChI=1S/C17H25N3O3/c1-13(18)16(21)20-9-5-8-15(11-20)10-19-17(22)23-12-14-6-3-2-4-7-14/h2-4,6-7,13,15H,5,8-12,18H2,1H3,(H,19,22)/t13-,15?/m0/s1. The fourth-order valence-corrected chi connectivity index (χ4v) is 2.72. The van der Waals surface area contributed by atoms with Crippen LogP contribution in [0.5, 0.6) is 0 Å². The van der Waals surface area contributed by atoms with Crippen LogP contribution >= 0.6 is 0 Å². The summed E-state index contributed by atoms with van der Waals surface area (Å²) < 4.78 is 5.18. The van der Waals surface area contributed by atoms with E-state index in [2.05, 4.69) is 5.32 Å². The molecule has 6 nitrogen and oxygen atoms in total. The van der Waals surface area contributed by atoms with Gasteiger partial charge in [-0.3, -0.25) is 4.79 Å². The molecule has 2 amide bonds. The lowest BCUT2D eigenvalue weighted by Crippen LogP contribution is -2.48. The first-order valence-corrected chi connectivity index (χ1v) is 8.05. The highest BCUT2D eigenvalue weighted by Crippen LogP contribution is 2.16. The Morgan fingerprint density at radius 3 is 2.83 bits per heavy atom. The zero-order valence-electron chi connectivity index (χ0n) is 13.5. The Morgan fingerprint density at radius 1 is 1.39 bits per heavy atom. The van der Waals surface area contributed by atoms with E-state index in [4.69, 9.17) is 10.5 Å². The number of nitrogens with two attached hydrogens (primary N) is 1. The Morgan fingerprint density at radius 2 is 2.13 bits per heavy atom. The number of carbonyl (C=O) groups is 2. The number of hydrogen-bond donors (Lipinski definition) is 2. The van der Waals surface area contributed by atoms with Gasteiger partial charge in [-0.05, 0) is 31.2 Å². The summed E-state index contributed by atoms with van der Waals surface area (Å²) in [6.45, 7) is 3.85. The molecule has 1 aromatic carbocycles. The molecule has 0 radical (unpaired) electrons. The van der Waals surface area contributed by atoms with Gasteiger partial charge in [0.2, 0.25) is 5.91 Å². The molecule has 0 saturated carbocycles. The lowest BCUT2D eigenvalue weighted by molar-refractivity contribution is -0.133. The van der Waals surface area contributed by atoms with E-state index in [0.29, 0.717) is 13.1 Å². The van der Waals surface area contributed by atoms with Crippen molar-refractivity contribution in [2.45, 2.75) is 32.4 Å². The van der Waals surface area contributed by atoms with E-state index in [0.717, 1.165) is 24.9 Å². The van der Waals surface area contributed by atoms with Gasteiger partial charge < -0.3 is 20.7 Å². The summed E-state index contributed by atoms with van der Waals surface area (Å²) in [5, 5.41) is 2.78. The normalized spacial score (nSPS) is 19.0. The average molecular weight is 319 g/mol. The fourth-order valence-electron chi connectivity index (χ4n) is 2.72. The van der Waals surface area contributed by atoms with Crippen molar-refractivity contribution < 1.29 is 14.3 Å². The number of nitrogens with one attached hydrogen (secondary N) is 1. The third kappa shape index (κ3) is 5.56. The minimum atomic E-state index is -0.474. The van der Waals surface area contributed by atoms with Gasteiger partial charge in [0, 0.05) is 19.6 Å². The summed E-state index contributed by atoms with van der Waals surface area (Å²) in [7, 11) is 0. The molecule has 3 N–H and O–H groups in total. The highest BCUT2D eigenvalue weighted by Gasteiger charge is 2.25. The fraction of sp³-hybridized carbons (Fsp3) is 0.529. The molecule has 0 spiro atoms. The van der Waals surface area contributed by atoms with Gasteiger partial charge in [-0.15, -0.1) is 0 Å². The number of carbonyl (C=O) groups excluding carboxylic acids is 2. The molecule has 1 fully saturated rings. The number of nitrogens with zero attached hydrogens (tertiary/aromatic N) is 1. The zero-order valence-corrected chi connectivity index (χ0v) is 13.5. The Hall–Kier alpha value is -2.08. The summed E-state index contributed by atoms with van der Waals surface area (Å²) >= 11 is 0. The van der Waals surface area contributed by atoms with E-state index in [9.17, 15) is 9.59 Å². The predicted molar refractivity (Wildman–Crippen MR) is 87.6 cm³/mol. The van der Waals surface area contributed by atoms with Gasteiger partial charge >= 0.3 is 6.09 Å². The lowest BCUT2D eigenvalue weighted by Gasteiger charge is -2.33. The first-order valence-electron chi connectivity index (χ1n) is 8.05. The van der Waals surface area contributed by atoms with Crippen LogP contribution in [0.15, 0.2) is 30.3 Å². The summed E-state index contributed by atoms with van der Waals surface area (Å²) in [5.41, 5.74) is 6.60. The number of amides is 2. The van der Waals surface area contributed by atoms with E-state index in [1.54, 1.807) is 11.8 Å². The summed E-state index contributed by atoms with van der Waals surface area (Å²) in [5.74, 6) is 0.220. The smallest absolute Gasteiger partial charge is 0.407 e. The molecule has 1 unspecified atom stereocenters. The number of ether oxygens (including phenoxy) is 1. The van der Waals surface area contributed by atoms with Crippen molar-refractivity contribution in [1.82, 2.24) is 10.2 Å². The van der Waals surface area contributed by atoms with Crippen LogP contribution in [-0.4, -0.2) is 42.6 Å². The molecule has 1 heterocycles. The maximum absolute atomic E-state index is 11.9. The van der Waals surface area contributed by atoms with Crippen molar-refractivity contribution in [2.75, 3.05) is 19.6 Å². The number of hydrogen-bond acceptors (Lipinski definition) is 4. The largest absolute Gasteiger partial charge is 0.445 e. The van der Waals surface area contributed by atoms with Crippen LogP contribution in [0.3, 0.4) is 0 Å². The molecular weight excluding hydrogens is 294 g/mol. The molecule has 2 rings (SSSR count). The second-order valence-electron chi connectivity index (χ2n) is 6.02. The van der Waals surface area contributed by atoms with Gasteiger partial charge in [0.1, 0.15) is 6.61 Å². The zero-order chi connectivity index (χ0) is 16.7. The second kappa shape index (κ2) is 8.53. The van der Waals surface area contributed by atoms with Crippen LogP contribution in [0.4, 0.5) is 4.79 Å². The third-order valence-corrected chi connectivity index (χ3v) is 3.97. The Labute approximate surface area is 137 Å². The molecule has 0 bridgehead atoms. The Balaban J connectivity index is 1.70. The predicted octanol–water partition coefficient (Wildman–Crippen LogP) is 1.50. The van der Waals surface area contributed by atoms with Crippen LogP contribution in [0, 0.1) is 5.92 Å². The first-order chi connectivity index (χ1) is 11.1. The number of piperidine rings is 1. The molecule has 23 heavy (non-hydrogen) atoms. The molecule has 1 aliphatic heterocycles. The van der Waals surface area contributed by atoms with Gasteiger partial charge in [-0.1, -0.05) is 30.3 Å². The van der Waals surface area contributed by atoms with E-state index in [1.165, 1.54) is 0 Å². The molecule has 1 saturated heterocycles. The van der Waals surface area contributed by atoms with Crippen molar-refractivity contribution in [2.24, 2.45) is 11.7 Å².